The highest BCUT2D eigenvalue weighted by Crippen LogP contribution is 2.37. The van der Waals surface area contributed by atoms with E-state index in [1.54, 1.807) is 23.9 Å². The summed E-state index contributed by atoms with van der Waals surface area (Å²) in [6.07, 6.45) is 1.26. The van der Waals surface area contributed by atoms with Crippen molar-refractivity contribution in [3.05, 3.63) is 113 Å². The van der Waals surface area contributed by atoms with Gasteiger partial charge in [-0.2, -0.15) is 24.9 Å². The van der Waals surface area contributed by atoms with E-state index in [2.05, 4.69) is 39.7 Å². The average Bonchev–Trinajstić information content (AvgIpc) is 3.33. The van der Waals surface area contributed by atoms with E-state index < -0.39 is 31.8 Å². The molecule has 4 aromatic rings. The lowest BCUT2D eigenvalue weighted by atomic mass is 10.0. The van der Waals surface area contributed by atoms with Crippen molar-refractivity contribution in [2.24, 2.45) is 0 Å². The summed E-state index contributed by atoms with van der Waals surface area (Å²) in [5.74, 6) is -1.16. The SMILES string of the molecule is CP(CC(=O)NCCOCCOCCOCCC(=O)O)OCCC(C)(C)SCc1cccc(C(=O)Nc2ccc(N3CCCCC3)cc2-c2cc(C(=O)NCc3cccc(C(F)(F)F)c3)ccn2)c1. The second-order valence-corrected chi connectivity index (χ2v) is 20.5. The van der Waals surface area contributed by atoms with Gasteiger partial charge in [0.25, 0.3) is 11.8 Å². The first-order chi connectivity index (χ1) is 33.1. The van der Waals surface area contributed by atoms with Crippen LogP contribution in [0.25, 0.3) is 11.3 Å². The number of thioether (sulfide) groups is 1. The van der Waals surface area contributed by atoms with Crippen molar-refractivity contribution in [3.63, 3.8) is 0 Å². The van der Waals surface area contributed by atoms with Gasteiger partial charge >= 0.3 is 12.1 Å². The molecule has 1 atom stereocenters. The highest BCUT2D eigenvalue weighted by atomic mass is 32.2. The fraction of sp³-hybridized carbons (Fsp3) is 0.460. The van der Waals surface area contributed by atoms with Crippen molar-refractivity contribution >= 4 is 55.0 Å². The summed E-state index contributed by atoms with van der Waals surface area (Å²) in [5, 5.41) is 17.2. The summed E-state index contributed by atoms with van der Waals surface area (Å²) < 4.78 is 61.8. The summed E-state index contributed by atoms with van der Waals surface area (Å²) in [4.78, 5) is 57.0. The third-order valence-corrected chi connectivity index (χ3v) is 13.8. The molecule has 0 aliphatic carbocycles. The number of carbonyl (C=O) groups excluding carboxylic acids is 3. The molecule has 69 heavy (non-hydrogen) atoms. The lowest BCUT2D eigenvalue weighted by molar-refractivity contribution is -0.139. The normalized spacial score (nSPS) is 13.4. The van der Waals surface area contributed by atoms with E-state index in [1.807, 2.05) is 43.1 Å². The van der Waals surface area contributed by atoms with Gasteiger partial charge in [0, 0.05) is 73.4 Å². The van der Waals surface area contributed by atoms with Crippen LogP contribution in [0.5, 0.6) is 0 Å². The molecule has 19 heteroatoms. The molecule has 1 aliphatic heterocycles. The molecule has 3 amide bonds. The van der Waals surface area contributed by atoms with Crippen LogP contribution in [0.1, 0.15) is 83.4 Å². The van der Waals surface area contributed by atoms with E-state index >= 15 is 0 Å². The fourth-order valence-electron chi connectivity index (χ4n) is 7.13. The smallest absolute Gasteiger partial charge is 0.416 e. The standard InChI is InChI=1S/C50H63F3N5O9PS/c1-49(2,17-23-67-68(3)34-45(59)55-19-24-65-26-28-66-27-25-64-22-16-46(60)61)69-35-37-10-7-11-38(29-37)48(63)57-43-14-13-41(58-20-5-4-6-21-58)32-42(43)44-31-39(15-18-54-44)47(62)56-33-36-9-8-12-40(30-36)50(51,52)53/h7-15,18,29-32H,4-6,16-17,19-28,33-35H2,1-3H3,(H,55,59)(H,56,62)(H,57,63)(H,60,61). The molecule has 374 valence electrons. The summed E-state index contributed by atoms with van der Waals surface area (Å²) in [5.41, 5.74) is 3.77. The number of nitrogens with one attached hydrogen (secondary N) is 3. The van der Waals surface area contributed by atoms with Crippen LogP contribution >= 0.6 is 19.9 Å². The Balaban J connectivity index is 1.09. The summed E-state index contributed by atoms with van der Waals surface area (Å²) in [7, 11) is -0.968. The zero-order valence-corrected chi connectivity index (χ0v) is 41.1. The Morgan fingerprint density at radius 1 is 0.783 bits per heavy atom. The lowest BCUT2D eigenvalue weighted by Crippen LogP contribution is -2.29. The topological polar surface area (TPSA) is 178 Å². The van der Waals surface area contributed by atoms with Crippen LogP contribution in [-0.4, -0.2) is 117 Å². The van der Waals surface area contributed by atoms with Gasteiger partial charge in [0.1, 0.15) is 0 Å². The molecule has 4 N–H and O–H groups in total. The van der Waals surface area contributed by atoms with Crippen LogP contribution in [-0.2, 0) is 46.8 Å². The maximum absolute atomic E-state index is 13.9. The third-order valence-electron chi connectivity index (χ3n) is 11.0. The monoisotopic (exact) mass is 997 g/mol. The zero-order chi connectivity index (χ0) is 49.7. The van der Waals surface area contributed by atoms with Crippen LogP contribution in [0.15, 0.2) is 85.1 Å². The van der Waals surface area contributed by atoms with Gasteiger partial charge in [0.15, 0.2) is 0 Å². The number of ether oxygens (including phenoxy) is 3. The van der Waals surface area contributed by atoms with Gasteiger partial charge in [0.2, 0.25) is 5.91 Å². The van der Waals surface area contributed by atoms with Crippen molar-refractivity contribution in [1.82, 2.24) is 15.6 Å². The molecule has 5 rings (SSSR count). The Hall–Kier alpha value is -5.10. The largest absolute Gasteiger partial charge is 0.481 e. The number of nitrogens with zero attached hydrogens (tertiary/aromatic N) is 2. The van der Waals surface area contributed by atoms with Gasteiger partial charge in [-0.25, -0.2) is 0 Å². The third kappa shape index (κ3) is 19.7. The highest BCUT2D eigenvalue weighted by molar-refractivity contribution is 7.99. The number of aromatic nitrogens is 1. The van der Waals surface area contributed by atoms with Gasteiger partial charge in [-0.15, -0.1) is 0 Å². The number of amides is 3. The maximum atomic E-state index is 13.9. The second-order valence-electron chi connectivity index (χ2n) is 17.0. The van der Waals surface area contributed by atoms with E-state index in [4.69, 9.17) is 23.8 Å². The number of halogens is 3. The molecule has 0 spiro atoms. The number of anilines is 2. The lowest BCUT2D eigenvalue weighted by Gasteiger charge is -2.29. The van der Waals surface area contributed by atoms with Crippen molar-refractivity contribution in [2.75, 3.05) is 88.9 Å². The minimum atomic E-state index is -4.50. The van der Waals surface area contributed by atoms with E-state index in [0.717, 1.165) is 62.2 Å². The van der Waals surface area contributed by atoms with E-state index in [9.17, 15) is 32.3 Å². The maximum Gasteiger partial charge on any atom is 0.416 e. The molecular weight excluding hydrogens is 935 g/mol. The molecular formula is C50H63F3N5O9PS. The van der Waals surface area contributed by atoms with Crippen LogP contribution in [0.3, 0.4) is 0 Å². The molecule has 1 fully saturated rings. The van der Waals surface area contributed by atoms with Crippen molar-refractivity contribution in [1.29, 1.82) is 0 Å². The molecule has 0 saturated carbocycles. The molecule has 0 bridgehead atoms. The molecule has 0 radical (unpaired) electrons. The number of carboxylic acid groups (broad SMARTS) is 1. The summed E-state index contributed by atoms with van der Waals surface area (Å²) in [6, 6.07) is 21.2. The highest BCUT2D eigenvalue weighted by Gasteiger charge is 2.30. The molecule has 1 aliphatic rings. The minimum Gasteiger partial charge on any atom is -0.481 e. The van der Waals surface area contributed by atoms with Crippen molar-refractivity contribution in [2.45, 2.75) is 69.2 Å². The van der Waals surface area contributed by atoms with E-state index in [0.29, 0.717) is 80.0 Å². The van der Waals surface area contributed by atoms with Crippen LogP contribution in [0.2, 0.25) is 0 Å². The van der Waals surface area contributed by atoms with Crippen molar-refractivity contribution < 1.29 is 56.2 Å². The minimum absolute atomic E-state index is 0.0429. The van der Waals surface area contributed by atoms with Crippen LogP contribution < -0.4 is 20.9 Å². The van der Waals surface area contributed by atoms with Gasteiger partial charge in [0.05, 0.1) is 75.8 Å². The number of aliphatic carboxylic acids is 1. The number of rotatable bonds is 28. The number of benzene rings is 3. The van der Waals surface area contributed by atoms with E-state index in [1.165, 1.54) is 24.4 Å². The average molecular weight is 998 g/mol. The fourth-order valence-corrected chi connectivity index (χ4v) is 9.10. The molecule has 1 aromatic heterocycles. The number of carbonyl (C=O) groups is 4. The number of hydrogen-bond donors (Lipinski definition) is 4. The Bertz CT molecular complexity index is 2300. The first kappa shape index (κ1) is 54.8. The van der Waals surface area contributed by atoms with Crippen LogP contribution in [0.4, 0.5) is 24.5 Å². The Morgan fingerprint density at radius 3 is 2.22 bits per heavy atom. The first-order valence-corrected chi connectivity index (χ1v) is 25.8. The van der Waals surface area contributed by atoms with E-state index in [-0.39, 0.29) is 47.9 Å². The number of alkyl halides is 3. The molecule has 14 nitrogen and oxygen atoms in total. The Labute approximate surface area is 407 Å². The van der Waals surface area contributed by atoms with Gasteiger partial charge < -0.3 is 44.7 Å². The van der Waals surface area contributed by atoms with Gasteiger partial charge in [-0.05, 0) is 98.1 Å². The summed E-state index contributed by atoms with van der Waals surface area (Å²) in [6.45, 7) is 10.6. The number of pyridine rings is 1. The second kappa shape index (κ2) is 27.9. The summed E-state index contributed by atoms with van der Waals surface area (Å²) >= 11 is 1.75. The Kier molecular flexibility index (Phi) is 22.2. The molecule has 1 saturated heterocycles. The number of piperidine rings is 1. The predicted octanol–water partition coefficient (Wildman–Crippen LogP) is 9.03. The molecule has 2 heterocycles. The van der Waals surface area contributed by atoms with Gasteiger partial charge in [-0.1, -0.05) is 38.1 Å². The van der Waals surface area contributed by atoms with Crippen molar-refractivity contribution in [3.8, 4) is 11.3 Å². The number of hydrogen-bond acceptors (Lipinski definition) is 11. The Morgan fingerprint density at radius 2 is 1.48 bits per heavy atom. The van der Waals surface area contributed by atoms with Crippen LogP contribution in [0, 0.1) is 0 Å². The molecule has 1 unspecified atom stereocenters. The first-order valence-electron chi connectivity index (χ1n) is 23.0. The predicted molar refractivity (Wildman–Crippen MR) is 264 cm³/mol. The number of carboxylic acids is 1. The zero-order valence-electron chi connectivity index (χ0n) is 39.4. The van der Waals surface area contributed by atoms with Gasteiger partial charge in [-0.3, -0.25) is 24.2 Å². The molecule has 3 aromatic carbocycles. The quantitative estimate of drug-likeness (QED) is 0.0314.